The van der Waals surface area contributed by atoms with E-state index in [0.29, 0.717) is 0 Å². The molecule has 0 saturated carbocycles. The second kappa shape index (κ2) is 6.33. The van der Waals surface area contributed by atoms with Crippen molar-refractivity contribution in [3.8, 4) is 11.5 Å². The van der Waals surface area contributed by atoms with Gasteiger partial charge in [0.25, 0.3) is 0 Å². The van der Waals surface area contributed by atoms with Crippen LogP contribution in [0.4, 0.5) is 0 Å². The summed E-state index contributed by atoms with van der Waals surface area (Å²) >= 11 is 12.5. The molecule has 2 heterocycles. The first-order valence-corrected chi connectivity index (χ1v) is 8.67. The van der Waals surface area contributed by atoms with Gasteiger partial charge in [0.1, 0.15) is 11.5 Å². The average Bonchev–Trinajstić information content (AvgIpc) is 2.72. The van der Waals surface area contributed by atoms with Crippen LogP contribution in [0.2, 0.25) is 10.0 Å². The minimum atomic E-state index is 0.255. The molecule has 0 aliphatic carbocycles. The highest BCUT2D eigenvalue weighted by atomic mass is 35.5. The summed E-state index contributed by atoms with van der Waals surface area (Å²) in [6.07, 6.45) is 0.878. The van der Waals surface area contributed by atoms with Gasteiger partial charge in [-0.3, -0.25) is 4.90 Å². The van der Waals surface area contributed by atoms with Crippen molar-refractivity contribution in [3.63, 3.8) is 0 Å². The zero-order valence-corrected chi connectivity index (χ0v) is 14.2. The maximum Gasteiger partial charge on any atom is 0.132 e. The molecule has 3 nitrogen and oxygen atoms in total. The van der Waals surface area contributed by atoms with E-state index in [1.165, 1.54) is 0 Å². The molecule has 4 rings (SSSR count). The summed E-state index contributed by atoms with van der Waals surface area (Å²) in [5.74, 6) is 1.77. The normalized spacial score (nSPS) is 21.0. The van der Waals surface area contributed by atoms with Crippen molar-refractivity contribution in [1.29, 1.82) is 0 Å². The van der Waals surface area contributed by atoms with Gasteiger partial charge in [0.2, 0.25) is 0 Å². The molecule has 2 aliphatic heterocycles. The van der Waals surface area contributed by atoms with Gasteiger partial charge in [-0.15, -0.1) is 0 Å². The highest BCUT2D eigenvalue weighted by molar-refractivity contribution is 6.31. The monoisotopic (exact) mass is 348 g/mol. The van der Waals surface area contributed by atoms with Crippen molar-refractivity contribution in [3.05, 3.63) is 57.6 Å². The quantitative estimate of drug-likeness (QED) is 0.831. The third-order valence-corrected chi connectivity index (χ3v) is 5.05. The molecule has 1 fully saturated rings. The largest absolute Gasteiger partial charge is 0.457 e. The number of fused-ring (bicyclic) bond motifs is 2. The molecule has 2 aromatic rings. The van der Waals surface area contributed by atoms with Crippen LogP contribution < -0.4 is 10.1 Å². The van der Waals surface area contributed by atoms with Crippen LogP contribution in [0.25, 0.3) is 0 Å². The topological polar surface area (TPSA) is 24.5 Å². The predicted molar refractivity (Wildman–Crippen MR) is 93.9 cm³/mol. The molecule has 0 radical (unpaired) electrons. The molecular weight excluding hydrogens is 331 g/mol. The van der Waals surface area contributed by atoms with Crippen molar-refractivity contribution < 1.29 is 4.74 Å². The average molecular weight is 349 g/mol. The standard InChI is InChI=1S/C18H18Cl2N2O/c19-13-1-3-17-12(9-13)10-16(22-7-5-21-6-8-22)15-11-14(20)2-4-18(15)23-17/h1-4,9,11,16,21H,5-8,10H2. The Kier molecular flexibility index (Phi) is 4.20. The van der Waals surface area contributed by atoms with Gasteiger partial charge in [0.15, 0.2) is 0 Å². The Balaban J connectivity index is 1.81. The fourth-order valence-corrected chi connectivity index (χ4v) is 3.81. The summed E-state index contributed by atoms with van der Waals surface area (Å²) in [4.78, 5) is 2.50. The zero-order valence-electron chi connectivity index (χ0n) is 12.7. The number of hydrogen-bond acceptors (Lipinski definition) is 3. The molecule has 1 atom stereocenters. The number of halogens is 2. The number of nitrogens with zero attached hydrogens (tertiary/aromatic N) is 1. The number of ether oxygens (including phenoxy) is 1. The fourth-order valence-electron chi connectivity index (χ4n) is 3.44. The van der Waals surface area contributed by atoms with E-state index < -0.39 is 0 Å². The number of benzene rings is 2. The molecule has 2 aliphatic rings. The van der Waals surface area contributed by atoms with E-state index in [0.717, 1.165) is 65.3 Å². The molecule has 0 spiro atoms. The van der Waals surface area contributed by atoms with E-state index >= 15 is 0 Å². The summed E-state index contributed by atoms with van der Waals surface area (Å²) in [5, 5.41) is 4.91. The van der Waals surface area contributed by atoms with Crippen molar-refractivity contribution >= 4 is 23.2 Å². The van der Waals surface area contributed by atoms with Crippen molar-refractivity contribution in [2.45, 2.75) is 12.5 Å². The molecule has 23 heavy (non-hydrogen) atoms. The summed E-state index contributed by atoms with van der Waals surface area (Å²) in [6.45, 7) is 4.06. The van der Waals surface area contributed by atoms with E-state index in [-0.39, 0.29) is 6.04 Å². The van der Waals surface area contributed by atoms with Crippen LogP contribution >= 0.6 is 23.2 Å². The number of rotatable bonds is 1. The fraction of sp³-hybridized carbons (Fsp3) is 0.333. The summed E-state index contributed by atoms with van der Waals surface area (Å²) in [6, 6.07) is 12.0. The maximum atomic E-state index is 6.26. The van der Waals surface area contributed by atoms with Gasteiger partial charge in [0.05, 0.1) is 0 Å². The van der Waals surface area contributed by atoms with Crippen LogP contribution in [-0.2, 0) is 6.42 Å². The van der Waals surface area contributed by atoms with E-state index in [9.17, 15) is 0 Å². The molecule has 1 N–H and O–H groups in total. The van der Waals surface area contributed by atoms with Gasteiger partial charge < -0.3 is 10.1 Å². The molecule has 0 amide bonds. The van der Waals surface area contributed by atoms with E-state index in [1.807, 2.05) is 36.4 Å². The molecule has 0 bridgehead atoms. The van der Waals surface area contributed by atoms with Gasteiger partial charge in [-0.25, -0.2) is 0 Å². The Bertz CT molecular complexity index is 729. The first-order valence-electron chi connectivity index (χ1n) is 7.91. The van der Waals surface area contributed by atoms with Gasteiger partial charge in [-0.1, -0.05) is 23.2 Å². The maximum absolute atomic E-state index is 6.26. The Morgan fingerprint density at radius 3 is 2.43 bits per heavy atom. The molecular formula is C18H18Cl2N2O. The number of nitrogens with one attached hydrogen (secondary N) is 1. The van der Waals surface area contributed by atoms with Crippen LogP contribution in [0, 0.1) is 0 Å². The highest BCUT2D eigenvalue weighted by Crippen LogP contribution is 2.42. The summed E-state index contributed by atoms with van der Waals surface area (Å²) < 4.78 is 6.17. The second-order valence-electron chi connectivity index (χ2n) is 6.04. The first-order chi connectivity index (χ1) is 11.2. The lowest BCUT2D eigenvalue weighted by atomic mass is 9.96. The van der Waals surface area contributed by atoms with Gasteiger partial charge in [-0.2, -0.15) is 0 Å². The first kappa shape index (κ1) is 15.3. The van der Waals surface area contributed by atoms with Crippen LogP contribution in [0.3, 0.4) is 0 Å². The third-order valence-electron chi connectivity index (χ3n) is 4.58. The Morgan fingerprint density at radius 1 is 0.957 bits per heavy atom. The molecule has 2 aromatic carbocycles. The Morgan fingerprint density at radius 2 is 1.65 bits per heavy atom. The summed E-state index contributed by atoms with van der Waals surface area (Å²) in [5.41, 5.74) is 2.31. The lowest BCUT2D eigenvalue weighted by Gasteiger charge is -2.35. The number of hydrogen-bond donors (Lipinski definition) is 1. The SMILES string of the molecule is Clc1ccc2c(c1)CC(N1CCNCC1)c1cc(Cl)ccc1O2. The molecule has 1 unspecified atom stereocenters. The minimum Gasteiger partial charge on any atom is -0.457 e. The van der Waals surface area contributed by atoms with Crippen molar-refractivity contribution in [2.75, 3.05) is 26.2 Å². The Labute approximate surface area is 146 Å². The molecule has 5 heteroatoms. The van der Waals surface area contributed by atoms with Crippen LogP contribution in [-0.4, -0.2) is 31.1 Å². The van der Waals surface area contributed by atoms with Crippen molar-refractivity contribution in [1.82, 2.24) is 10.2 Å². The second-order valence-corrected chi connectivity index (χ2v) is 6.92. The number of piperazine rings is 1. The van der Waals surface area contributed by atoms with Gasteiger partial charge >= 0.3 is 0 Å². The lowest BCUT2D eigenvalue weighted by molar-refractivity contribution is 0.172. The molecule has 1 saturated heterocycles. The van der Waals surface area contributed by atoms with Crippen LogP contribution in [0.1, 0.15) is 17.2 Å². The molecule has 120 valence electrons. The zero-order chi connectivity index (χ0) is 15.8. The van der Waals surface area contributed by atoms with Gasteiger partial charge in [-0.05, 0) is 48.4 Å². The van der Waals surface area contributed by atoms with E-state index in [1.54, 1.807) is 0 Å². The molecule has 0 aromatic heterocycles. The lowest BCUT2D eigenvalue weighted by Crippen LogP contribution is -2.45. The summed E-state index contributed by atoms with van der Waals surface area (Å²) in [7, 11) is 0. The highest BCUT2D eigenvalue weighted by Gasteiger charge is 2.29. The van der Waals surface area contributed by atoms with Crippen LogP contribution in [0.5, 0.6) is 11.5 Å². The predicted octanol–water partition coefficient (Wildman–Crippen LogP) is 4.29. The van der Waals surface area contributed by atoms with E-state index in [4.69, 9.17) is 27.9 Å². The van der Waals surface area contributed by atoms with E-state index in [2.05, 4.69) is 10.2 Å². The minimum absolute atomic E-state index is 0.255. The van der Waals surface area contributed by atoms with Gasteiger partial charge in [0, 0.05) is 47.8 Å². The van der Waals surface area contributed by atoms with Crippen LogP contribution in [0.15, 0.2) is 36.4 Å². The third kappa shape index (κ3) is 3.07. The Hall–Kier alpha value is -1.26. The smallest absolute Gasteiger partial charge is 0.132 e. The van der Waals surface area contributed by atoms with Crippen molar-refractivity contribution in [2.24, 2.45) is 0 Å².